The van der Waals surface area contributed by atoms with Gasteiger partial charge >= 0.3 is 5.97 Å². The van der Waals surface area contributed by atoms with Crippen molar-refractivity contribution >= 4 is 11.8 Å². The van der Waals surface area contributed by atoms with Crippen molar-refractivity contribution in [2.45, 2.75) is 51.1 Å². The molecule has 1 aromatic heterocycles. The molecule has 1 saturated carbocycles. The fourth-order valence-electron chi connectivity index (χ4n) is 3.64. The molecule has 5 heteroatoms. The summed E-state index contributed by atoms with van der Waals surface area (Å²) in [6.07, 6.45) is 8.68. The predicted molar refractivity (Wildman–Crippen MR) is 71.0 cm³/mol. The van der Waals surface area contributed by atoms with Gasteiger partial charge in [0.25, 0.3) is 0 Å². The highest BCUT2D eigenvalue weighted by Crippen LogP contribution is 2.42. The van der Waals surface area contributed by atoms with Crippen molar-refractivity contribution in [2.75, 3.05) is 4.90 Å². The van der Waals surface area contributed by atoms with Crippen LogP contribution < -0.4 is 4.90 Å². The molecule has 0 spiro atoms. The Labute approximate surface area is 112 Å². The molecule has 3 rings (SSSR count). The van der Waals surface area contributed by atoms with Gasteiger partial charge in [0.2, 0.25) is 0 Å². The summed E-state index contributed by atoms with van der Waals surface area (Å²) in [7, 11) is 0. The molecule has 1 saturated heterocycles. The number of nitrogens with zero attached hydrogens (tertiary/aromatic N) is 3. The molecule has 0 aromatic carbocycles. The summed E-state index contributed by atoms with van der Waals surface area (Å²) >= 11 is 0. The van der Waals surface area contributed by atoms with E-state index >= 15 is 0 Å². The van der Waals surface area contributed by atoms with Gasteiger partial charge < -0.3 is 10.0 Å². The van der Waals surface area contributed by atoms with Gasteiger partial charge in [-0.2, -0.15) is 0 Å². The van der Waals surface area contributed by atoms with Crippen LogP contribution in [0.15, 0.2) is 12.4 Å². The molecule has 2 aliphatic rings. The van der Waals surface area contributed by atoms with E-state index in [-0.39, 0.29) is 0 Å². The Morgan fingerprint density at radius 1 is 1.32 bits per heavy atom. The van der Waals surface area contributed by atoms with Crippen LogP contribution in [0.3, 0.4) is 0 Å². The Kier molecular flexibility index (Phi) is 3.12. The quantitative estimate of drug-likeness (QED) is 0.882. The van der Waals surface area contributed by atoms with Crippen molar-refractivity contribution in [3.63, 3.8) is 0 Å². The number of fused-ring (bicyclic) bond motifs is 1. The van der Waals surface area contributed by atoms with Crippen molar-refractivity contribution in [1.82, 2.24) is 9.97 Å². The number of aromatic nitrogens is 2. The smallest absolute Gasteiger partial charge is 0.326 e. The average molecular weight is 261 g/mol. The Balaban J connectivity index is 1.99. The maximum Gasteiger partial charge on any atom is 0.326 e. The highest BCUT2D eigenvalue weighted by Gasteiger charge is 2.46. The monoisotopic (exact) mass is 261 g/mol. The summed E-state index contributed by atoms with van der Waals surface area (Å²) in [6.45, 7) is 1.90. The Morgan fingerprint density at radius 3 is 2.79 bits per heavy atom. The molecule has 102 valence electrons. The molecule has 0 amide bonds. The fourth-order valence-corrected chi connectivity index (χ4v) is 3.64. The highest BCUT2D eigenvalue weighted by atomic mass is 16.4. The SMILES string of the molecule is Cc1nccnc1N1C(C(=O)O)CC2CCCCC21. The first-order valence-electron chi connectivity index (χ1n) is 6.97. The van der Waals surface area contributed by atoms with Gasteiger partial charge in [-0.15, -0.1) is 0 Å². The van der Waals surface area contributed by atoms with Gasteiger partial charge in [-0.3, -0.25) is 4.98 Å². The average Bonchev–Trinajstić information content (AvgIpc) is 2.79. The van der Waals surface area contributed by atoms with E-state index in [2.05, 4.69) is 9.97 Å². The minimum atomic E-state index is -0.737. The Hall–Kier alpha value is -1.65. The number of carboxylic acid groups (broad SMARTS) is 1. The van der Waals surface area contributed by atoms with E-state index in [4.69, 9.17) is 0 Å². The highest BCUT2D eigenvalue weighted by molar-refractivity contribution is 5.79. The third-order valence-electron chi connectivity index (χ3n) is 4.47. The van der Waals surface area contributed by atoms with Crippen LogP contribution in [0.25, 0.3) is 0 Å². The van der Waals surface area contributed by atoms with Crippen molar-refractivity contribution in [2.24, 2.45) is 5.92 Å². The minimum Gasteiger partial charge on any atom is -0.480 e. The molecule has 19 heavy (non-hydrogen) atoms. The zero-order chi connectivity index (χ0) is 13.4. The molecule has 1 N–H and O–H groups in total. The van der Waals surface area contributed by atoms with E-state index in [1.54, 1.807) is 12.4 Å². The molecule has 1 aliphatic carbocycles. The standard InChI is InChI=1S/C14H19N3O2/c1-9-13(16-7-6-15-9)17-11-5-3-2-4-10(11)8-12(17)14(18)19/h6-7,10-12H,2-5,8H2,1H3,(H,18,19). The van der Waals surface area contributed by atoms with Gasteiger partial charge in [-0.05, 0) is 32.1 Å². The first-order valence-corrected chi connectivity index (χ1v) is 6.97. The Bertz CT molecular complexity index is 491. The first kappa shape index (κ1) is 12.4. The summed E-state index contributed by atoms with van der Waals surface area (Å²) in [4.78, 5) is 22.2. The molecule has 3 atom stereocenters. The second-order valence-electron chi connectivity index (χ2n) is 5.57. The summed E-state index contributed by atoms with van der Waals surface area (Å²) < 4.78 is 0. The maximum absolute atomic E-state index is 11.6. The lowest BCUT2D eigenvalue weighted by molar-refractivity contribution is -0.138. The third-order valence-corrected chi connectivity index (χ3v) is 4.47. The van der Waals surface area contributed by atoms with Gasteiger partial charge in [0, 0.05) is 18.4 Å². The van der Waals surface area contributed by atoms with E-state index in [9.17, 15) is 9.90 Å². The van der Waals surface area contributed by atoms with Crippen molar-refractivity contribution in [1.29, 1.82) is 0 Å². The van der Waals surface area contributed by atoms with Gasteiger partial charge in [-0.1, -0.05) is 12.8 Å². The van der Waals surface area contributed by atoms with Crippen LogP contribution in [0.4, 0.5) is 5.82 Å². The normalized spacial score (nSPS) is 30.2. The van der Waals surface area contributed by atoms with Gasteiger partial charge in [0.05, 0.1) is 5.69 Å². The van der Waals surface area contributed by atoms with Gasteiger partial charge in [0.1, 0.15) is 6.04 Å². The van der Waals surface area contributed by atoms with Crippen LogP contribution in [0.5, 0.6) is 0 Å². The van der Waals surface area contributed by atoms with Crippen molar-refractivity contribution < 1.29 is 9.90 Å². The second-order valence-corrected chi connectivity index (χ2v) is 5.57. The molecular formula is C14H19N3O2. The molecule has 3 unspecified atom stereocenters. The number of anilines is 1. The number of hydrogen-bond donors (Lipinski definition) is 1. The van der Waals surface area contributed by atoms with E-state index in [0.717, 1.165) is 30.8 Å². The number of aliphatic carboxylic acids is 1. The summed E-state index contributed by atoms with van der Waals surface area (Å²) in [5.74, 6) is 0.514. The van der Waals surface area contributed by atoms with Gasteiger partial charge in [-0.25, -0.2) is 9.78 Å². The van der Waals surface area contributed by atoms with Gasteiger partial charge in [0.15, 0.2) is 5.82 Å². The zero-order valence-corrected chi connectivity index (χ0v) is 11.1. The summed E-state index contributed by atoms with van der Waals surface area (Å²) in [5, 5.41) is 9.49. The molecule has 0 bridgehead atoms. The second kappa shape index (κ2) is 4.79. The minimum absolute atomic E-state index is 0.324. The van der Waals surface area contributed by atoms with Crippen LogP contribution in [0.2, 0.25) is 0 Å². The Morgan fingerprint density at radius 2 is 2.05 bits per heavy atom. The van der Waals surface area contributed by atoms with Crippen molar-refractivity contribution in [3.05, 3.63) is 18.1 Å². The van der Waals surface area contributed by atoms with E-state index in [0.29, 0.717) is 12.0 Å². The number of hydrogen-bond acceptors (Lipinski definition) is 4. The van der Waals surface area contributed by atoms with E-state index in [1.807, 2.05) is 11.8 Å². The lowest BCUT2D eigenvalue weighted by atomic mass is 9.85. The molecular weight excluding hydrogens is 242 g/mol. The van der Waals surface area contributed by atoms with Crippen LogP contribution in [-0.2, 0) is 4.79 Å². The number of carbonyl (C=O) groups is 1. The summed E-state index contributed by atoms with van der Waals surface area (Å²) in [6, 6.07) is -0.117. The van der Waals surface area contributed by atoms with E-state index in [1.165, 1.54) is 12.8 Å². The molecule has 0 radical (unpaired) electrons. The molecule has 1 aliphatic heterocycles. The summed E-state index contributed by atoms with van der Waals surface area (Å²) in [5.41, 5.74) is 0.819. The molecule has 2 fully saturated rings. The predicted octanol–water partition coefficient (Wildman–Crippen LogP) is 2.01. The third kappa shape index (κ3) is 2.07. The number of rotatable bonds is 2. The molecule has 1 aromatic rings. The largest absolute Gasteiger partial charge is 0.480 e. The molecule has 2 heterocycles. The molecule has 5 nitrogen and oxygen atoms in total. The first-order chi connectivity index (χ1) is 9.18. The number of carboxylic acids is 1. The maximum atomic E-state index is 11.6. The van der Waals surface area contributed by atoms with Crippen LogP contribution in [-0.4, -0.2) is 33.1 Å². The van der Waals surface area contributed by atoms with Crippen molar-refractivity contribution in [3.8, 4) is 0 Å². The lowest BCUT2D eigenvalue weighted by Crippen LogP contribution is -2.43. The number of aryl methyl sites for hydroxylation is 1. The zero-order valence-electron chi connectivity index (χ0n) is 11.1. The van der Waals surface area contributed by atoms with Crippen LogP contribution in [0.1, 0.15) is 37.8 Å². The topological polar surface area (TPSA) is 66.3 Å². The van der Waals surface area contributed by atoms with Crippen LogP contribution >= 0.6 is 0 Å². The lowest BCUT2D eigenvalue weighted by Gasteiger charge is -2.34. The fraction of sp³-hybridized carbons (Fsp3) is 0.643. The van der Waals surface area contributed by atoms with E-state index < -0.39 is 12.0 Å². The van der Waals surface area contributed by atoms with Crippen LogP contribution in [0, 0.1) is 12.8 Å².